The Morgan fingerprint density at radius 2 is 2.04 bits per heavy atom. The number of rotatable bonds is 7. The molecule has 0 aliphatic heterocycles. The summed E-state index contributed by atoms with van der Waals surface area (Å²) in [5.74, 6) is 2.01. The van der Waals surface area contributed by atoms with Crippen molar-refractivity contribution in [2.45, 2.75) is 32.2 Å². The third kappa shape index (κ3) is 4.48. The molecule has 0 spiro atoms. The zero-order chi connectivity index (χ0) is 16.8. The van der Waals surface area contributed by atoms with Crippen molar-refractivity contribution in [1.29, 1.82) is 0 Å². The highest BCUT2D eigenvalue weighted by Gasteiger charge is 2.14. The van der Waals surface area contributed by atoms with Crippen LogP contribution in [0.1, 0.15) is 18.3 Å². The van der Waals surface area contributed by atoms with Gasteiger partial charge in [0, 0.05) is 20.6 Å². The van der Waals surface area contributed by atoms with Crippen LogP contribution in [0.5, 0.6) is 5.75 Å². The molecule has 0 aliphatic carbocycles. The van der Waals surface area contributed by atoms with Crippen LogP contribution >= 0.6 is 11.8 Å². The first kappa shape index (κ1) is 17.3. The largest absolute Gasteiger partial charge is 0.485 e. The predicted molar refractivity (Wildman–Crippen MR) is 90.6 cm³/mol. The number of thioether (sulfide) groups is 1. The highest BCUT2D eigenvalue weighted by atomic mass is 32.2. The minimum absolute atomic E-state index is 0.0540. The molecular weight excluding hydrogens is 312 g/mol. The number of para-hydroxylation sites is 1. The summed E-state index contributed by atoms with van der Waals surface area (Å²) in [5, 5.41) is 9.12. The number of aryl methyl sites for hydroxylation is 1. The zero-order valence-corrected chi connectivity index (χ0v) is 14.8. The van der Waals surface area contributed by atoms with Gasteiger partial charge in [0.15, 0.2) is 11.0 Å². The third-order valence-electron chi connectivity index (χ3n) is 3.38. The zero-order valence-electron chi connectivity index (χ0n) is 13.9. The normalized spacial score (nSPS) is 10.6. The fourth-order valence-corrected chi connectivity index (χ4v) is 2.97. The molecular formula is C16H22N4O2S. The fraction of sp³-hybridized carbons (Fsp3) is 0.438. The van der Waals surface area contributed by atoms with Crippen LogP contribution in [-0.4, -0.2) is 45.4 Å². The summed E-state index contributed by atoms with van der Waals surface area (Å²) in [4.78, 5) is 13.3. The summed E-state index contributed by atoms with van der Waals surface area (Å²) >= 11 is 1.40. The van der Waals surface area contributed by atoms with Crippen molar-refractivity contribution in [2.75, 3.05) is 19.8 Å². The second-order valence-corrected chi connectivity index (χ2v) is 6.22. The molecule has 0 saturated carbocycles. The van der Waals surface area contributed by atoms with E-state index >= 15 is 0 Å². The van der Waals surface area contributed by atoms with Crippen LogP contribution in [0.15, 0.2) is 29.4 Å². The van der Waals surface area contributed by atoms with Gasteiger partial charge in [-0.2, -0.15) is 0 Å². The second-order valence-electron chi connectivity index (χ2n) is 5.27. The number of ether oxygens (including phenoxy) is 1. The molecule has 1 amide bonds. The Hall–Kier alpha value is -2.02. The number of carbonyl (C=O) groups is 1. The van der Waals surface area contributed by atoms with Crippen LogP contribution in [-0.2, 0) is 17.9 Å². The fourth-order valence-electron chi connectivity index (χ4n) is 1.97. The molecule has 124 valence electrons. The first-order valence-electron chi connectivity index (χ1n) is 7.46. The molecule has 23 heavy (non-hydrogen) atoms. The van der Waals surface area contributed by atoms with Crippen LogP contribution in [0, 0.1) is 6.92 Å². The molecule has 0 radical (unpaired) electrons. The predicted octanol–water partition coefficient (Wildman–Crippen LogP) is 2.37. The first-order chi connectivity index (χ1) is 11.0. The van der Waals surface area contributed by atoms with Crippen molar-refractivity contribution in [1.82, 2.24) is 19.7 Å². The summed E-state index contributed by atoms with van der Waals surface area (Å²) < 4.78 is 7.81. The van der Waals surface area contributed by atoms with E-state index in [-0.39, 0.29) is 5.91 Å². The highest BCUT2D eigenvalue weighted by Crippen LogP contribution is 2.20. The molecule has 0 saturated heterocycles. The molecule has 0 bridgehead atoms. The summed E-state index contributed by atoms with van der Waals surface area (Å²) in [6.45, 7) is 5.12. The minimum atomic E-state index is 0.0540. The van der Waals surface area contributed by atoms with Crippen LogP contribution in [0.2, 0.25) is 0 Å². The van der Waals surface area contributed by atoms with E-state index in [1.165, 1.54) is 11.8 Å². The SMILES string of the molecule is CCn1c(COc2ccccc2C)nnc1SCC(=O)N(C)C. The van der Waals surface area contributed by atoms with E-state index in [1.807, 2.05) is 42.7 Å². The van der Waals surface area contributed by atoms with Gasteiger partial charge in [0.25, 0.3) is 0 Å². The molecule has 2 aromatic rings. The average molecular weight is 334 g/mol. The molecule has 1 heterocycles. The molecule has 0 fully saturated rings. The first-order valence-corrected chi connectivity index (χ1v) is 8.45. The molecule has 6 nitrogen and oxygen atoms in total. The maximum absolute atomic E-state index is 11.7. The number of hydrogen-bond acceptors (Lipinski definition) is 5. The van der Waals surface area contributed by atoms with Crippen molar-refractivity contribution in [3.63, 3.8) is 0 Å². The van der Waals surface area contributed by atoms with Crippen molar-refractivity contribution in [3.8, 4) is 5.75 Å². The Balaban J connectivity index is 2.03. The second kappa shape index (κ2) is 8.01. The number of amides is 1. The molecule has 7 heteroatoms. The van der Waals surface area contributed by atoms with E-state index in [4.69, 9.17) is 4.74 Å². The van der Waals surface area contributed by atoms with Crippen LogP contribution in [0.25, 0.3) is 0 Å². The van der Waals surface area contributed by atoms with Gasteiger partial charge in [0.2, 0.25) is 5.91 Å². The van der Waals surface area contributed by atoms with Gasteiger partial charge in [0.05, 0.1) is 5.75 Å². The van der Waals surface area contributed by atoms with E-state index < -0.39 is 0 Å². The van der Waals surface area contributed by atoms with Gasteiger partial charge in [-0.25, -0.2) is 0 Å². The summed E-state index contributed by atoms with van der Waals surface area (Å²) in [6, 6.07) is 7.87. The van der Waals surface area contributed by atoms with Crippen LogP contribution < -0.4 is 4.74 Å². The lowest BCUT2D eigenvalue weighted by Gasteiger charge is -2.11. The van der Waals surface area contributed by atoms with Gasteiger partial charge < -0.3 is 14.2 Å². The Labute approximate surface area is 140 Å². The quantitative estimate of drug-likeness (QED) is 0.728. The molecule has 1 aromatic carbocycles. The lowest BCUT2D eigenvalue weighted by atomic mass is 10.2. The van der Waals surface area contributed by atoms with Gasteiger partial charge in [0.1, 0.15) is 12.4 Å². The van der Waals surface area contributed by atoms with Crippen molar-refractivity contribution >= 4 is 17.7 Å². The number of carbonyl (C=O) groups excluding carboxylic acids is 1. The Morgan fingerprint density at radius 3 is 2.70 bits per heavy atom. The van der Waals surface area contributed by atoms with Crippen LogP contribution in [0.4, 0.5) is 0 Å². The van der Waals surface area contributed by atoms with Crippen molar-refractivity contribution < 1.29 is 9.53 Å². The maximum atomic E-state index is 11.7. The molecule has 0 unspecified atom stereocenters. The van der Waals surface area contributed by atoms with Crippen molar-refractivity contribution in [3.05, 3.63) is 35.7 Å². The molecule has 2 rings (SSSR count). The van der Waals surface area contributed by atoms with Gasteiger partial charge in [-0.05, 0) is 25.5 Å². The summed E-state index contributed by atoms with van der Waals surface area (Å²) in [6.07, 6.45) is 0. The molecule has 1 aromatic heterocycles. The van der Waals surface area contributed by atoms with Gasteiger partial charge >= 0.3 is 0 Å². The van der Waals surface area contributed by atoms with Gasteiger partial charge in [-0.1, -0.05) is 30.0 Å². The smallest absolute Gasteiger partial charge is 0.232 e. The average Bonchev–Trinajstić information content (AvgIpc) is 2.93. The van der Waals surface area contributed by atoms with E-state index in [9.17, 15) is 4.79 Å². The Bertz CT molecular complexity index is 670. The topological polar surface area (TPSA) is 60.2 Å². The lowest BCUT2D eigenvalue weighted by molar-refractivity contribution is -0.125. The number of aromatic nitrogens is 3. The molecule has 0 N–H and O–H groups in total. The number of benzene rings is 1. The molecule has 0 aliphatic rings. The minimum Gasteiger partial charge on any atom is -0.485 e. The lowest BCUT2D eigenvalue weighted by Crippen LogP contribution is -2.23. The van der Waals surface area contributed by atoms with Gasteiger partial charge in [-0.3, -0.25) is 4.79 Å². The Morgan fingerprint density at radius 1 is 1.30 bits per heavy atom. The number of nitrogens with zero attached hydrogens (tertiary/aromatic N) is 4. The summed E-state index contributed by atoms with van der Waals surface area (Å²) in [7, 11) is 3.49. The third-order valence-corrected chi connectivity index (χ3v) is 4.34. The van der Waals surface area contributed by atoms with E-state index in [0.717, 1.165) is 28.8 Å². The monoisotopic (exact) mass is 334 g/mol. The van der Waals surface area contributed by atoms with E-state index in [2.05, 4.69) is 10.2 Å². The standard InChI is InChI=1S/C16H22N4O2S/c1-5-20-14(10-22-13-9-7-6-8-12(13)2)17-18-16(20)23-11-15(21)19(3)4/h6-9H,5,10-11H2,1-4H3. The molecule has 0 atom stereocenters. The summed E-state index contributed by atoms with van der Waals surface area (Å²) in [5.41, 5.74) is 1.08. The van der Waals surface area contributed by atoms with Crippen molar-refractivity contribution in [2.24, 2.45) is 0 Å². The van der Waals surface area contributed by atoms with Crippen LogP contribution in [0.3, 0.4) is 0 Å². The van der Waals surface area contributed by atoms with E-state index in [1.54, 1.807) is 19.0 Å². The van der Waals surface area contributed by atoms with E-state index in [0.29, 0.717) is 12.4 Å². The number of hydrogen-bond donors (Lipinski definition) is 0. The Kier molecular flexibility index (Phi) is 6.04. The van der Waals surface area contributed by atoms with Gasteiger partial charge in [-0.15, -0.1) is 10.2 Å². The highest BCUT2D eigenvalue weighted by molar-refractivity contribution is 7.99. The maximum Gasteiger partial charge on any atom is 0.232 e.